The molecule has 6 rings (SSSR count). The molecule has 6 heteroatoms. The summed E-state index contributed by atoms with van der Waals surface area (Å²) in [5.41, 5.74) is 5.79. The fourth-order valence-electron chi connectivity index (χ4n) is 6.29. The van der Waals surface area contributed by atoms with Gasteiger partial charge >= 0.3 is 0 Å². The van der Waals surface area contributed by atoms with Crippen molar-refractivity contribution in [1.29, 1.82) is 0 Å². The number of benzene rings is 2. The minimum absolute atomic E-state index is 0.167. The molecule has 3 aromatic rings. The van der Waals surface area contributed by atoms with E-state index in [2.05, 4.69) is 56.8 Å². The molecule has 2 atom stereocenters. The minimum atomic E-state index is 0.167. The maximum absolute atomic E-state index is 13.8. The van der Waals surface area contributed by atoms with Crippen molar-refractivity contribution in [2.75, 3.05) is 46.5 Å². The van der Waals surface area contributed by atoms with Crippen LogP contribution in [0.1, 0.15) is 29.2 Å². The molecule has 2 aromatic carbocycles. The van der Waals surface area contributed by atoms with Gasteiger partial charge in [-0.25, -0.2) is 0 Å². The predicted octanol–water partition coefficient (Wildman–Crippen LogP) is 3.98. The molecule has 3 aliphatic rings. The summed E-state index contributed by atoms with van der Waals surface area (Å²) in [6, 6.07) is 21.1. The van der Waals surface area contributed by atoms with Crippen molar-refractivity contribution in [2.45, 2.75) is 32.0 Å². The van der Waals surface area contributed by atoms with Crippen LogP contribution in [-0.2, 0) is 24.4 Å². The van der Waals surface area contributed by atoms with Gasteiger partial charge in [0.05, 0.1) is 20.3 Å². The number of piperidine rings is 1. The second-order valence-electron chi connectivity index (χ2n) is 10.5. The van der Waals surface area contributed by atoms with E-state index >= 15 is 0 Å². The van der Waals surface area contributed by atoms with E-state index < -0.39 is 0 Å². The molecule has 0 radical (unpaired) electrons. The Balaban J connectivity index is 1.24. The maximum atomic E-state index is 13.8. The van der Waals surface area contributed by atoms with Crippen molar-refractivity contribution in [3.8, 4) is 16.9 Å². The van der Waals surface area contributed by atoms with Crippen molar-refractivity contribution in [3.05, 3.63) is 87.8 Å². The first kappa shape index (κ1) is 23.5. The van der Waals surface area contributed by atoms with Gasteiger partial charge in [-0.2, -0.15) is 0 Å². The molecule has 0 amide bonds. The summed E-state index contributed by atoms with van der Waals surface area (Å²) in [7, 11) is 1.70. The quantitative estimate of drug-likeness (QED) is 0.529. The van der Waals surface area contributed by atoms with Crippen LogP contribution in [0.3, 0.4) is 0 Å². The Kier molecular flexibility index (Phi) is 6.65. The topological polar surface area (TPSA) is 46.9 Å². The molecule has 2 bridgehead atoms. The van der Waals surface area contributed by atoms with Crippen molar-refractivity contribution in [3.63, 3.8) is 0 Å². The molecule has 0 unspecified atom stereocenters. The molecule has 0 N–H and O–H groups in total. The SMILES string of the molecule is COc1ccc(CN2C[C@@H]3C[C@H](C2)c2ccc(-c4ccccc4CN4CCOCC4)c(=O)n2C3)cc1. The molecular formula is C30H35N3O3. The van der Waals surface area contributed by atoms with Gasteiger partial charge in [-0.15, -0.1) is 0 Å². The molecule has 2 fully saturated rings. The van der Waals surface area contributed by atoms with Crippen LogP contribution in [0.5, 0.6) is 5.75 Å². The van der Waals surface area contributed by atoms with Crippen LogP contribution in [0.4, 0.5) is 0 Å². The Morgan fingerprint density at radius 2 is 1.67 bits per heavy atom. The third-order valence-corrected chi connectivity index (χ3v) is 8.05. The number of nitrogens with zero attached hydrogens (tertiary/aromatic N) is 3. The summed E-state index contributed by atoms with van der Waals surface area (Å²) >= 11 is 0. The van der Waals surface area contributed by atoms with Crippen LogP contribution in [0, 0.1) is 5.92 Å². The Bertz CT molecular complexity index is 1260. The number of hydrogen-bond donors (Lipinski definition) is 0. The van der Waals surface area contributed by atoms with Crippen molar-refractivity contribution < 1.29 is 9.47 Å². The zero-order valence-electron chi connectivity index (χ0n) is 21.1. The molecule has 2 saturated heterocycles. The summed E-state index contributed by atoms with van der Waals surface area (Å²) in [6.07, 6.45) is 1.17. The van der Waals surface area contributed by atoms with Crippen LogP contribution in [0.2, 0.25) is 0 Å². The van der Waals surface area contributed by atoms with E-state index in [1.54, 1.807) is 7.11 Å². The molecule has 3 aliphatic heterocycles. The standard InChI is InChI=1S/C30H35N3O3/c1-35-26-8-6-22(7-9-26)17-32-18-23-16-25(21-32)29-11-10-28(30(34)33(29)19-23)27-5-3-2-4-24(27)20-31-12-14-36-15-13-31/h2-11,23,25H,12-21H2,1H3/t23-,25+/m0/s1. The molecule has 188 valence electrons. The highest BCUT2D eigenvalue weighted by molar-refractivity contribution is 5.66. The maximum Gasteiger partial charge on any atom is 0.258 e. The zero-order valence-corrected chi connectivity index (χ0v) is 21.1. The number of aromatic nitrogens is 1. The first-order chi connectivity index (χ1) is 17.7. The van der Waals surface area contributed by atoms with E-state index in [9.17, 15) is 4.79 Å². The van der Waals surface area contributed by atoms with Gasteiger partial charge in [-0.05, 0) is 53.3 Å². The number of fused-ring (bicyclic) bond motifs is 4. The first-order valence-corrected chi connectivity index (χ1v) is 13.2. The molecule has 0 saturated carbocycles. The van der Waals surface area contributed by atoms with Gasteiger partial charge in [0.2, 0.25) is 0 Å². The molecule has 6 nitrogen and oxygen atoms in total. The third kappa shape index (κ3) is 4.73. The minimum Gasteiger partial charge on any atom is -0.497 e. The molecular weight excluding hydrogens is 450 g/mol. The van der Waals surface area contributed by atoms with E-state index in [0.717, 1.165) is 75.9 Å². The Hall–Kier alpha value is -2.93. The lowest BCUT2D eigenvalue weighted by Gasteiger charge is -2.43. The average Bonchev–Trinajstić information content (AvgIpc) is 2.91. The number of pyridine rings is 1. The smallest absolute Gasteiger partial charge is 0.258 e. The van der Waals surface area contributed by atoms with Gasteiger partial charge in [0.15, 0.2) is 0 Å². The van der Waals surface area contributed by atoms with Gasteiger partial charge in [-0.3, -0.25) is 14.6 Å². The molecule has 1 aromatic heterocycles. The fraction of sp³-hybridized carbons (Fsp3) is 0.433. The van der Waals surface area contributed by atoms with E-state index in [1.165, 1.54) is 23.2 Å². The van der Waals surface area contributed by atoms with Gasteiger partial charge in [0.25, 0.3) is 5.56 Å². The molecule has 0 spiro atoms. The molecule has 4 heterocycles. The van der Waals surface area contributed by atoms with E-state index in [-0.39, 0.29) is 5.56 Å². The van der Waals surface area contributed by atoms with E-state index in [4.69, 9.17) is 9.47 Å². The van der Waals surface area contributed by atoms with Crippen LogP contribution < -0.4 is 10.3 Å². The lowest BCUT2D eigenvalue weighted by Crippen LogP contribution is -2.47. The van der Waals surface area contributed by atoms with E-state index in [0.29, 0.717) is 11.8 Å². The zero-order chi connectivity index (χ0) is 24.5. The number of morpholine rings is 1. The summed E-state index contributed by atoms with van der Waals surface area (Å²) in [4.78, 5) is 18.8. The summed E-state index contributed by atoms with van der Waals surface area (Å²) in [6.45, 7) is 8.07. The van der Waals surface area contributed by atoms with Crippen LogP contribution in [-0.4, -0.2) is 60.9 Å². The largest absolute Gasteiger partial charge is 0.497 e. The van der Waals surface area contributed by atoms with Gasteiger partial charge in [0, 0.05) is 63.0 Å². The van der Waals surface area contributed by atoms with Crippen molar-refractivity contribution in [1.82, 2.24) is 14.4 Å². The number of ether oxygens (including phenoxy) is 2. The number of methoxy groups -OCH3 is 1. The Morgan fingerprint density at radius 3 is 2.47 bits per heavy atom. The summed E-state index contributed by atoms with van der Waals surface area (Å²) in [5.74, 6) is 1.80. The van der Waals surface area contributed by atoms with Crippen molar-refractivity contribution in [2.24, 2.45) is 5.92 Å². The molecule has 0 aliphatic carbocycles. The number of hydrogen-bond acceptors (Lipinski definition) is 5. The normalized spacial score (nSPS) is 22.2. The van der Waals surface area contributed by atoms with Gasteiger partial charge in [0.1, 0.15) is 5.75 Å². The summed E-state index contributed by atoms with van der Waals surface area (Å²) in [5, 5.41) is 0. The highest BCUT2D eigenvalue weighted by Gasteiger charge is 2.35. The highest BCUT2D eigenvalue weighted by atomic mass is 16.5. The molecule has 36 heavy (non-hydrogen) atoms. The number of rotatable bonds is 6. The van der Waals surface area contributed by atoms with Crippen LogP contribution in [0.25, 0.3) is 11.1 Å². The van der Waals surface area contributed by atoms with E-state index in [1.807, 2.05) is 18.2 Å². The van der Waals surface area contributed by atoms with Gasteiger partial charge in [-0.1, -0.05) is 36.4 Å². The Labute approximate surface area is 213 Å². The monoisotopic (exact) mass is 485 g/mol. The van der Waals surface area contributed by atoms with Crippen LogP contribution >= 0.6 is 0 Å². The lowest BCUT2D eigenvalue weighted by molar-refractivity contribution is 0.0342. The average molecular weight is 486 g/mol. The second kappa shape index (κ2) is 10.2. The van der Waals surface area contributed by atoms with Gasteiger partial charge < -0.3 is 14.0 Å². The number of likely N-dealkylation sites (tertiary alicyclic amines) is 1. The first-order valence-electron chi connectivity index (χ1n) is 13.2. The summed E-state index contributed by atoms with van der Waals surface area (Å²) < 4.78 is 12.9. The highest BCUT2D eigenvalue weighted by Crippen LogP contribution is 2.36. The lowest BCUT2D eigenvalue weighted by atomic mass is 9.82. The van der Waals surface area contributed by atoms with Crippen LogP contribution in [0.15, 0.2) is 65.5 Å². The predicted molar refractivity (Wildman–Crippen MR) is 141 cm³/mol. The fourth-order valence-corrected chi connectivity index (χ4v) is 6.29. The Morgan fingerprint density at radius 1 is 0.861 bits per heavy atom. The van der Waals surface area contributed by atoms with Crippen molar-refractivity contribution >= 4 is 0 Å². The third-order valence-electron chi connectivity index (χ3n) is 8.05. The second-order valence-corrected chi connectivity index (χ2v) is 10.5.